The summed E-state index contributed by atoms with van der Waals surface area (Å²) in [6.07, 6.45) is 4.12. The summed E-state index contributed by atoms with van der Waals surface area (Å²) in [5.74, 6) is 2.46. The van der Waals surface area contributed by atoms with Gasteiger partial charge in [-0.25, -0.2) is 0 Å². The second-order valence-corrected chi connectivity index (χ2v) is 7.02. The monoisotopic (exact) mass is 356 g/mol. The van der Waals surface area contributed by atoms with Crippen molar-refractivity contribution < 1.29 is 9.47 Å². The number of nitrogens with one attached hydrogen (secondary N) is 2. The summed E-state index contributed by atoms with van der Waals surface area (Å²) in [4.78, 5) is 4.31. The van der Waals surface area contributed by atoms with E-state index in [0.717, 1.165) is 37.1 Å². The molecule has 0 bridgehead atoms. The Balaban J connectivity index is 1.54. The first-order valence-corrected chi connectivity index (χ1v) is 9.04. The first-order valence-electron chi connectivity index (χ1n) is 9.04. The fourth-order valence-corrected chi connectivity index (χ4v) is 2.91. The predicted octanol–water partition coefficient (Wildman–Crippen LogP) is 2.40. The second-order valence-electron chi connectivity index (χ2n) is 7.02. The van der Waals surface area contributed by atoms with E-state index in [1.807, 2.05) is 18.2 Å². The van der Waals surface area contributed by atoms with Gasteiger partial charge in [-0.2, -0.15) is 0 Å². The molecule has 26 heavy (non-hydrogen) atoms. The van der Waals surface area contributed by atoms with Gasteiger partial charge in [0.1, 0.15) is 13.2 Å². The molecular formula is C20H28N4O2. The molecule has 6 heteroatoms. The molecule has 1 aromatic carbocycles. The number of guanidine groups is 1. The van der Waals surface area contributed by atoms with Crippen LogP contribution in [0.25, 0.3) is 0 Å². The van der Waals surface area contributed by atoms with Crippen LogP contribution in [0.3, 0.4) is 0 Å². The van der Waals surface area contributed by atoms with Crippen LogP contribution < -0.4 is 20.1 Å². The molecule has 1 aromatic heterocycles. The van der Waals surface area contributed by atoms with Gasteiger partial charge >= 0.3 is 0 Å². The van der Waals surface area contributed by atoms with Crippen LogP contribution in [0.5, 0.6) is 11.5 Å². The summed E-state index contributed by atoms with van der Waals surface area (Å²) in [6.45, 7) is 8.11. The minimum Gasteiger partial charge on any atom is -0.486 e. The Hall–Kier alpha value is -2.63. The number of aliphatic imine (C=N–C) groups is 1. The van der Waals surface area contributed by atoms with Crippen molar-refractivity contribution >= 4 is 5.96 Å². The summed E-state index contributed by atoms with van der Waals surface area (Å²) < 4.78 is 13.5. The lowest BCUT2D eigenvalue weighted by molar-refractivity contribution is 0.171. The third kappa shape index (κ3) is 4.50. The molecule has 0 spiro atoms. The van der Waals surface area contributed by atoms with Crippen LogP contribution in [-0.4, -0.2) is 43.9 Å². The number of ether oxygens (including phenoxy) is 2. The molecule has 1 aliphatic rings. The topological polar surface area (TPSA) is 59.8 Å². The van der Waals surface area contributed by atoms with Crippen LogP contribution in [0.1, 0.15) is 19.4 Å². The molecule has 0 saturated heterocycles. The first kappa shape index (κ1) is 18.2. The maximum absolute atomic E-state index is 5.71. The molecule has 0 atom stereocenters. The number of aromatic nitrogens is 1. The molecule has 0 aliphatic carbocycles. The average Bonchev–Trinajstić information content (AvgIpc) is 3.17. The maximum atomic E-state index is 5.71. The molecule has 0 saturated carbocycles. The minimum absolute atomic E-state index is 0.0755. The fraction of sp³-hybridized carbons (Fsp3) is 0.450. The van der Waals surface area contributed by atoms with E-state index in [4.69, 9.17) is 9.47 Å². The van der Waals surface area contributed by atoms with Gasteiger partial charge < -0.3 is 24.7 Å². The molecule has 0 amide bonds. The lowest BCUT2D eigenvalue weighted by atomic mass is 9.84. The van der Waals surface area contributed by atoms with Gasteiger partial charge in [0.05, 0.1) is 0 Å². The molecule has 3 rings (SSSR count). The van der Waals surface area contributed by atoms with Crippen molar-refractivity contribution in [3.63, 3.8) is 0 Å². The highest BCUT2D eigenvalue weighted by molar-refractivity contribution is 5.79. The fourth-order valence-electron chi connectivity index (χ4n) is 2.91. The highest BCUT2D eigenvalue weighted by Crippen LogP contribution is 2.34. The van der Waals surface area contributed by atoms with Crippen molar-refractivity contribution in [1.82, 2.24) is 15.2 Å². The Kier molecular flexibility index (Phi) is 5.71. The molecule has 0 unspecified atom stereocenters. The number of nitrogens with zero attached hydrogens (tertiary/aromatic N) is 2. The minimum atomic E-state index is -0.0755. The van der Waals surface area contributed by atoms with Crippen LogP contribution in [0, 0.1) is 0 Å². The molecule has 2 N–H and O–H groups in total. The highest BCUT2D eigenvalue weighted by atomic mass is 16.6. The van der Waals surface area contributed by atoms with Crippen LogP contribution in [-0.2, 0) is 12.0 Å². The zero-order valence-corrected chi connectivity index (χ0v) is 15.8. The van der Waals surface area contributed by atoms with E-state index < -0.39 is 0 Å². The summed E-state index contributed by atoms with van der Waals surface area (Å²) >= 11 is 0. The Bertz CT molecular complexity index is 738. The van der Waals surface area contributed by atoms with Crippen molar-refractivity contribution in [2.45, 2.75) is 25.8 Å². The van der Waals surface area contributed by atoms with Crippen molar-refractivity contribution in [3.05, 3.63) is 48.3 Å². The van der Waals surface area contributed by atoms with Crippen LogP contribution >= 0.6 is 0 Å². The zero-order chi connectivity index (χ0) is 18.4. The number of hydrogen-bond donors (Lipinski definition) is 2. The number of benzene rings is 1. The first-order chi connectivity index (χ1) is 12.6. The Morgan fingerprint density at radius 1 is 1.12 bits per heavy atom. The van der Waals surface area contributed by atoms with E-state index in [9.17, 15) is 0 Å². The Morgan fingerprint density at radius 3 is 2.58 bits per heavy atom. The van der Waals surface area contributed by atoms with Gasteiger partial charge in [0.25, 0.3) is 0 Å². The van der Waals surface area contributed by atoms with Gasteiger partial charge in [-0.05, 0) is 29.8 Å². The Labute approximate surface area is 155 Å². The number of fused-ring (bicyclic) bond motifs is 1. The summed E-state index contributed by atoms with van der Waals surface area (Å²) in [7, 11) is 1.79. The average molecular weight is 356 g/mol. The SMILES string of the molecule is CN=C(NCCn1cccc1)NCC(C)(C)c1ccc2c(c1)OCCO2. The van der Waals surface area contributed by atoms with Crippen LogP contribution in [0.2, 0.25) is 0 Å². The van der Waals surface area contributed by atoms with E-state index in [1.165, 1.54) is 5.56 Å². The van der Waals surface area contributed by atoms with Gasteiger partial charge in [0, 0.05) is 44.5 Å². The molecule has 140 valence electrons. The van der Waals surface area contributed by atoms with E-state index >= 15 is 0 Å². The third-order valence-electron chi connectivity index (χ3n) is 4.57. The number of rotatable bonds is 6. The van der Waals surface area contributed by atoms with Crippen LogP contribution in [0.4, 0.5) is 0 Å². The highest BCUT2D eigenvalue weighted by Gasteiger charge is 2.23. The zero-order valence-electron chi connectivity index (χ0n) is 15.8. The van der Waals surface area contributed by atoms with Gasteiger partial charge in [-0.1, -0.05) is 19.9 Å². The molecule has 0 radical (unpaired) electrons. The van der Waals surface area contributed by atoms with Gasteiger partial charge in [-0.15, -0.1) is 0 Å². The van der Waals surface area contributed by atoms with Crippen molar-refractivity contribution in [2.75, 3.05) is 33.4 Å². The van der Waals surface area contributed by atoms with E-state index in [-0.39, 0.29) is 5.41 Å². The largest absolute Gasteiger partial charge is 0.486 e. The second kappa shape index (κ2) is 8.17. The quantitative estimate of drug-likeness (QED) is 0.616. The number of hydrogen-bond acceptors (Lipinski definition) is 3. The van der Waals surface area contributed by atoms with Crippen molar-refractivity contribution in [3.8, 4) is 11.5 Å². The van der Waals surface area contributed by atoms with E-state index in [2.05, 4.69) is 58.6 Å². The molecular weight excluding hydrogens is 328 g/mol. The van der Waals surface area contributed by atoms with Crippen molar-refractivity contribution in [1.29, 1.82) is 0 Å². The summed E-state index contributed by atoms with van der Waals surface area (Å²) in [5.41, 5.74) is 1.13. The van der Waals surface area contributed by atoms with Gasteiger partial charge in [0.15, 0.2) is 17.5 Å². The maximum Gasteiger partial charge on any atom is 0.191 e. The lowest BCUT2D eigenvalue weighted by Crippen LogP contribution is -2.44. The predicted molar refractivity (Wildman–Crippen MR) is 104 cm³/mol. The van der Waals surface area contributed by atoms with E-state index in [0.29, 0.717) is 13.2 Å². The lowest BCUT2D eigenvalue weighted by Gasteiger charge is -2.28. The third-order valence-corrected chi connectivity index (χ3v) is 4.57. The normalized spacial score (nSPS) is 14.2. The molecule has 6 nitrogen and oxygen atoms in total. The van der Waals surface area contributed by atoms with E-state index in [1.54, 1.807) is 7.05 Å². The molecule has 0 fully saturated rings. The van der Waals surface area contributed by atoms with Crippen LogP contribution in [0.15, 0.2) is 47.7 Å². The Morgan fingerprint density at radius 2 is 1.85 bits per heavy atom. The summed E-state index contributed by atoms with van der Waals surface area (Å²) in [5, 5.41) is 6.78. The smallest absolute Gasteiger partial charge is 0.191 e. The molecule has 1 aliphatic heterocycles. The van der Waals surface area contributed by atoms with Gasteiger partial charge in [0.2, 0.25) is 0 Å². The summed E-state index contributed by atoms with van der Waals surface area (Å²) in [6, 6.07) is 10.2. The molecule has 2 aromatic rings. The van der Waals surface area contributed by atoms with Gasteiger partial charge in [-0.3, -0.25) is 4.99 Å². The standard InChI is InChI=1S/C20H28N4O2/c1-20(2,16-6-7-17-18(14-16)26-13-12-25-17)15-23-19(21-3)22-8-11-24-9-4-5-10-24/h4-7,9-10,14H,8,11-13,15H2,1-3H3,(H2,21,22,23). The molecule has 2 heterocycles. The van der Waals surface area contributed by atoms with Crippen molar-refractivity contribution in [2.24, 2.45) is 4.99 Å².